The lowest BCUT2D eigenvalue weighted by Gasteiger charge is -2.16. The van der Waals surface area contributed by atoms with E-state index < -0.39 is 10.0 Å². The summed E-state index contributed by atoms with van der Waals surface area (Å²) in [7, 11) is -1.61. The second-order valence-electron chi connectivity index (χ2n) is 4.32. The first-order valence-corrected chi connectivity index (χ1v) is 7.76. The third-order valence-electron chi connectivity index (χ3n) is 2.80. The lowest BCUT2D eigenvalue weighted by molar-refractivity contribution is 0.457. The zero-order valence-electron chi connectivity index (χ0n) is 11.3. The van der Waals surface area contributed by atoms with Gasteiger partial charge in [0.05, 0.1) is 12.0 Å². The standard InChI is InChI=1S/C12H22N2O3S/c1-4-6-13-7-9-18(15,16)14(3)10-12-5-8-17-11(12)2/h5,8,13H,4,6-7,9-10H2,1-3H3. The van der Waals surface area contributed by atoms with Crippen molar-refractivity contribution >= 4 is 10.0 Å². The maximum Gasteiger partial charge on any atom is 0.215 e. The van der Waals surface area contributed by atoms with Gasteiger partial charge in [-0.15, -0.1) is 0 Å². The third kappa shape index (κ3) is 4.44. The van der Waals surface area contributed by atoms with Crippen molar-refractivity contribution < 1.29 is 12.8 Å². The fourth-order valence-corrected chi connectivity index (χ4v) is 2.62. The van der Waals surface area contributed by atoms with E-state index in [-0.39, 0.29) is 5.75 Å². The highest BCUT2D eigenvalue weighted by Crippen LogP contribution is 2.13. The molecule has 0 fully saturated rings. The number of aryl methyl sites for hydroxylation is 1. The van der Waals surface area contributed by atoms with Crippen LogP contribution in [0.25, 0.3) is 0 Å². The number of rotatable bonds is 8. The highest BCUT2D eigenvalue weighted by Gasteiger charge is 2.18. The molecule has 0 unspecified atom stereocenters. The molecular formula is C12H22N2O3S. The SMILES string of the molecule is CCCNCCS(=O)(=O)N(C)Cc1ccoc1C. The van der Waals surface area contributed by atoms with Gasteiger partial charge in [-0.1, -0.05) is 6.92 Å². The first-order valence-electron chi connectivity index (χ1n) is 6.15. The molecule has 0 aromatic carbocycles. The Morgan fingerprint density at radius 3 is 2.67 bits per heavy atom. The van der Waals surface area contributed by atoms with Crippen molar-refractivity contribution in [2.24, 2.45) is 0 Å². The van der Waals surface area contributed by atoms with E-state index in [2.05, 4.69) is 12.2 Å². The first kappa shape index (κ1) is 15.2. The molecule has 1 heterocycles. The largest absolute Gasteiger partial charge is 0.469 e. The molecule has 0 atom stereocenters. The van der Waals surface area contributed by atoms with Gasteiger partial charge >= 0.3 is 0 Å². The minimum absolute atomic E-state index is 0.125. The second-order valence-corrected chi connectivity index (χ2v) is 6.52. The molecule has 1 aromatic rings. The molecule has 0 aliphatic rings. The molecule has 5 nitrogen and oxygen atoms in total. The van der Waals surface area contributed by atoms with E-state index in [1.807, 2.05) is 6.92 Å². The Hall–Kier alpha value is -0.850. The maximum atomic E-state index is 12.0. The van der Waals surface area contributed by atoms with E-state index in [0.29, 0.717) is 13.1 Å². The zero-order valence-corrected chi connectivity index (χ0v) is 12.1. The van der Waals surface area contributed by atoms with E-state index >= 15 is 0 Å². The molecule has 1 rings (SSSR count). The van der Waals surface area contributed by atoms with Gasteiger partial charge in [0.25, 0.3) is 0 Å². The van der Waals surface area contributed by atoms with Crippen LogP contribution in [0.1, 0.15) is 24.7 Å². The molecule has 1 aromatic heterocycles. The summed E-state index contributed by atoms with van der Waals surface area (Å²) in [5, 5.41) is 3.09. The normalized spacial score (nSPS) is 12.2. The van der Waals surface area contributed by atoms with Gasteiger partial charge in [-0.05, 0) is 26.0 Å². The third-order valence-corrected chi connectivity index (χ3v) is 4.60. The Bertz CT molecular complexity index is 454. The molecule has 18 heavy (non-hydrogen) atoms. The number of nitrogens with zero attached hydrogens (tertiary/aromatic N) is 1. The van der Waals surface area contributed by atoms with Crippen LogP contribution >= 0.6 is 0 Å². The summed E-state index contributed by atoms with van der Waals surface area (Å²) in [5.74, 6) is 0.890. The second kappa shape index (κ2) is 6.92. The predicted molar refractivity (Wildman–Crippen MR) is 71.9 cm³/mol. The Morgan fingerprint density at radius 1 is 1.39 bits per heavy atom. The van der Waals surface area contributed by atoms with Crippen LogP contribution in [-0.4, -0.2) is 38.6 Å². The lowest BCUT2D eigenvalue weighted by atomic mass is 10.3. The van der Waals surface area contributed by atoms with Crippen molar-refractivity contribution in [3.05, 3.63) is 23.7 Å². The summed E-state index contributed by atoms with van der Waals surface area (Å²) in [6.07, 6.45) is 2.58. The van der Waals surface area contributed by atoms with Gasteiger partial charge in [0, 0.05) is 25.7 Å². The number of hydrogen-bond donors (Lipinski definition) is 1. The molecule has 104 valence electrons. The average molecular weight is 274 g/mol. The Morgan fingerprint density at radius 2 is 2.11 bits per heavy atom. The molecule has 6 heteroatoms. The van der Waals surface area contributed by atoms with Gasteiger partial charge in [-0.3, -0.25) is 0 Å². The van der Waals surface area contributed by atoms with Crippen LogP contribution in [0.15, 0.2) is 16.7 Å². The van der Waals surface area contributed by atoms with Crippen molar-refractivity contribution in [3.63, 3.8) is 0 Å². The highest BCUT2D eigenvalue weighted by atomic mass is 32.2. The molecule has 0 radical (unpaired) electrons. The summed E-state index contributed by atoms with van der Waals surface area (Å²) >= 11 is 0. The van der Waals surface area contributed by atoms with Crippen LogP contribution in [-0.2, 0) is 16.6 Å². The number of sulfonamides is 1. The van der Waals surface area contributed by atoms with Crippen molar-refractivity contribution in [2.75, 3.05) is 25.9 Å². The Kier molecular flexibility index (Phi) is 5.84. The van der Waals surface area contributed by atoms with Crippen molar-refractivity contribution in [3.8, 4) is 0 Å². The number of nitrogens with one attached hydrogen (secondary N) is 1. The molecule has 0 amide bonds. The van der Waals surface area contributed by atoms with Crippen molar-refractivity contribution in [1.29, 1.82) is 0 Å². The minimum atomic E-state index is -3.20. The van der Waals surface area contributed by atoms with Crippen LogP contribution in [0.3, 0.4) is 0 Å². The molecule has 0 spiro atoms. The van der Waals surface area contributed by atoms with E-state index in [0.717, 1.165) is 24.3 Å². The van der Waals surface area contributed by atoms with E-state index in [9.17, 15) is 8.42 Å². The molecule has 0 aliphatic carbocycles. The molecular weight excluding hydrogens is 252 g/mol. The van der Waals surface area contributed by atoms with Gasteiger partial charge in [0.1, 0.15) is 5.76 Å². The fourth-order valence-electron chi connectivity index (χ4n) is 1.57. The summed E-state index contributed by atoms with van der Waals surface area (Å²) in [6.45, 7) is 5.58. The molecule has 1 N–H and O–H groups in total. The molecule has 0 saturated carbocycles. The van der Waals surface area contributed by atoms with Crippen molar-refractivity contribution in [2.45, 2.75) is 26.8 Å². The number of furan rings is 1. The predicted octanol–water partition coefficient (Wildman–Crippen LogP) is 1.35. The summed E-state index contributed by atoms with van der Waals surface area (Å²) < 4.78 is 30.5. The van der Waals surface area contributed by atoms with Crippen molar-refractivity contribution in [1.82, 2.24) is 9.62 Å². The highest BCUT2D eigenvalue weighted by molar-refractivity contribution is 7.89. The number of hydrogen-bond acceptors (Lipinski definition) is 4. The van der Waals surface area contributed by atoms with Gasteiger partial charge in [-0.2, -0.15) is 0 Å². The van der Waals surface area contributed by atoms with Crippen LogP contribution in [0.4, 0.5) is 0 Å². The lowest BCUT2D eigenvalue weighted by Crippen LogP contribution is -2.33. The molecule has 0 saturated heterocycles. The van der Waals surface area contributed by atoms with Crippen LogP contribution in [0, 0.1) is 6.92 Å². The summed E-state index contributed by atoms with van der Waals surface area (Å²) in [6, 6.07) is 1.80. The van der Waals surface area contributed by atoms with Gasteiger partial charge in [0.2, 0.25) is 10.0 Å². The maximum absolute atomic E-state index is 12.0. The van der Waals surface area contributed by atoms with E-state index in [4.69, 9.17) is 4.42 Å². The van der Waals surface area contributed by atoms with E-state index in [1.165, 1.54) is 4.31 Å². The van der Waals surface area contributed by atoms with Gasteiger partial charge in [0.15, 0.2) is 0 Å². The minimum Gasteiger partial charge on any atom is -0.469 e. The van der Waals surface area contributed by atoms with Gasteiger partial charge < -0.3 is 9.73 Å². The summed E-state index contributed by atoms with van der Waals surface area (Å²) in [4.78, 5) is 0. The zero-order chi connectivity index (χ0) is 13.6. The first-order chi connectivity index (χ1) is 8.47. The van der Waals surface area contributed by atoms with Gasteiger partial charge in [-0.25, -0.2) is 12.7 Å². The van der Waals surface area contributed by atoms with E-state index in [1.54, 1.807) is 19.4 Å². The Labute approximate surface area is 109 Å². The topological polar surface area (TPSA) is 62.6 Å². The quantitative estimate of drug-likeness (QED) is 0.727. The van der Waals surface area contributed by atoms with Crippen LogP contribution < -0.4 is 5.32 Å². The fraction of sp³-hybridized carbons (Fsp3) is 0.667. The average Bonchev–Trinajstić information content (AvgIpc) is 2.71. The summed E-state index contributed by atoms with van der Waals surface area (Å²) in [5.41, 5.74) is 0.905. The van der Waals surface area contributed by atoms with Crippen LogP contribution in [0.2, 0.25) is 0 Å². The monoisotopic (exact) mass is 274 g/mol. The Balaban J connectivity index is 2.49. The van der Waals surface area contributed by atoms with Crippen LogP contribution in [0.5, 0.6) is 0 Å². The molecule has 0 bridgehead atoms. The smallest absolute Gasteiger partial charge is 0.215 e. The molecule has 0 aliphatic heterocycles.